The molecule has 1 N–H and O–H groups in total. The minimum absolute atomic E-state index is 0.0638. The van der Waals surface area contributed by atoms with Crippen molar-refractivity contribution in [3.63, 3.8) is 0 Å². The van der Waals surface area contributed by atoms with Crippen molar-refractivity contribution in [1.29, 1.82) is 0 Å². The number of nitrogens with zero attached hydrogens (tertiary/aromatic N) is 5. The minimum atomic E-state index is -0.182. The van der Waals surface area contributed by atoms with E-state index < -0.39 is 0 Å². The highest BCUT2D eigenvalue weighted by molar-refractivity contribution is 7.13. The van der Waals surface area contributed by atoms with Crippen LogP contribution in [0.15, 0.2) is 6.20 Å². The van der Waals surface area contributed by atoms with E-state index in [1.807, 2.05) is 18.7 Å². The number of rotatable bonds is 4. The molecule has 1 fully saturated rings. The molecule has 2 aromatic rings. The zero-order valence-electron chi connectivity index (χ0n) is 16.2. The van der Waals surface area contributed by atoms with Crippen LogP contribution in [-0.2, 0) is 9.53 Å². The van der Waals surface area contributed by atoms with Crippen molar-refractivity contribution in [1.82, 2.24) is 24.6 Å². The van der Waals surface area contributed by atoms with Crippen LogP contribution in [0, 0.1) is 6.92 Å². The van der Waals surface area contributed by atoms with Crippen molar-refractivity contribution >= 4 is 39.8 Å². The van der Waals surface area contributed by atoms with Crippen LogP contribution in [-0.4, -0.2) is 70.9 Å². The van der Waals surface area contributed by atoms with Gasteiger partial charge in [0.15, 0.2) is 5.82 Å². The molecule has 0 radical (unpaired) electrons. The van der Waals surface area contributed by atoms with Crippen LogP contribution in [0.5, 0.6) is 0 Å². The number of ether oxygens (including phenoxy) is 1. The Labute approximate surface area is 171 Å². The first kappa shape index (κ1) is 20.6. The van der Waals surface area contributed by atoms with E-state index in [0.29, 0.717) is 43.4 Å². The van der Waals surface area contributed by atoms with Crippen molar-refractivity contribution in [3.8, 4) is 0 Å². The van der Waals surface area contributed by atoms with Crippen molar-refractivity contribution in [3.05, 3.63) is 21.9 Å². The van der Waals surface area contributed by atoms with Gasteiger partial charge in [0, 0.05) is 57.8 Å². The topological polar surface area (TPSA) is 101 Å². The van der Waals surface area contributed by atoms with Gasteiger partial charge < -0.3 is 19.9 Å². The summed E-state index contributed by atoms with van der Waals surface area (Å²) in [5.74, 6) is 0.479. The third-order valence-corrected chi connectivity index (χ3v) is 6.18. The van der Waals surface area contributed by atoms with Gasteiger partial charge in [-0.05, 0) is 13.8 Å². The molecule has 3 heterocycles. The van der Waals surface area contributed by atoms with E-state index in [1.165, 1.54) is 22.9 Å². The molecule has 0 spiro atoms. The number of hydrogen-bond donors (Lipinski definition) is 1. The van der Waals surface area contributed by atoms with Crippen molar-refractivity contribution < 1.29 is 14.3 Å². The highest BCUT2D eigenvalue weighted by Crippen LogP contribution is 2.22. The third kappa shape index (κ3) is 5.03. The molecule has 28 heavy (non-hydrogen) atoms. The molecular formula is C17H24N6O3S2. The number of nitrogens with one attached hydrogen (secondary N) is 1. The van der Waals surface area contributed by atoms with Gasteiger partial charge in [0.25, 0.3) is 5.91 Å². The fraction of sp³-hybridized carbons (Fsp3) is 0.588. The summed E-state index contributed by atoms with van der Waals surface area (Å²) in [6, 6.07) is 0. The average molecular weight is 425 g/mol. The number of anilines is 1. The van der Waals surface area contributed by atoms with Gasteiger partial charge in [0.2, 0.25) is 11.0 Å². The predicted molar refractivity (Wildman–Crippen MR) is 108 cm³/mol. The Morgan fingerprint density at radius 1 is 1.32 bits per heavy atom. The molecule has 0 aromatic carbocycles. The number of amides is 2. The van der Waals surface area contributed by atoms with E-state index in [2.05, 4.69) is 19.7 Å². The molecule has 0 saturated carbocycles. The molecule has 1 unspecified atom stereocenters. The van der Waals surface area contributed by atoms with Gasteiger partial charge in [-0.2, -0.15) is 4.37 Å². The van der Waals surface area contributed by atoms with Crippen LogP contribution < -0.4 is 10.2 Å². The molecule has 9 nitrogen and oxygen atoms in total. The molecule has 1 aliphatic rings. The summed E-state index contributed by atoms with van der Waals surface area (Å²) < 4.78 is 9.65. The van der Waals surface area contributed by atoms with Gasteiger partial charge in [-0.15, -0.1) is 11.3 Å². The van der Waals surface area contributed by atoms with E-state index in [4.69, 9.17) is 4.74 Å². The summed E-state index contributed by atoms with van der Waals surface area (Å²) in [7, 11) is 1.62. The molecule has 2 amide bonds. The number of carbonyl (C=O) groups excluding carboxylic acids is 2. The largest absolute Gasteiger partial charge is 0.374 e. The van der Waals surface area contributed by atoms with Gasteiger partial charge in [0.1, 0.15) is 11.0 Å². The summed E-state index contributed by atoms with van der Waals surface area (Å²) in [5.41, 5.74) is 0. The first-order chi connectivity index (χ1) is 13.5. The van der Waals surface area contributed by atoms with E-state index in [0.717, 1.165) is 10.1 Å². The number of aryl methyl sites for hydroxylation is 1. The Balaban J connectivity index is 1.75. The maximum Gasteiger partial charge on any atom is 0.265 e. The highest BCUT2D eigenvalue weighted by Gasteiger charge is 2.23. The van der Waals surface area contributed by atoms with Crippen LogP contribution in [0.2, 0.25) is 0 Å². The third-order valence-electron chi connectivity index (χ3n) is 4.49. The first-order valence-corrected chi connectivity index (χ1v) is 10.7. The summed E-state index contributed by atoms with van der Waals surface area (Å²) in [6.45, 7) is 6.36. The lowest BCUT2D eigenvalue weighted by atomic mass is 10.3. The molecule has 152 valence electrons. The Hall–Kier alpha value is -2.11. The number of methoxy groups -OCH3 is 1. The zero-order valence-corrected chi connectivity index (χ0v) is 17.8. The average Bonchev–Trinajstić information content (AvgIpc) is 3.35. The van der Waals surface area contributed by atoms with E-state index in [-0.39, 0.29) is 24.3 Å². The maximum absolute atomic E-state index is 12.9. The standard InChI is InChI=1S/C17H24N6O3S2/c1-11(26-3)15-20-17(28-21-15)23-7-5-18-14(24)4-6-22(8-9-23)16(25)13-10-19-12(2)27-13/h10-11H,4-9H2,1-3H3,(H,18,24). The van der Waals surface area contributed by atoms with Crippen LogP contribution in [0.4, 0.5) is 5.13 Å². The quantitative estimate of drug-likeness (QED) is 0.793. The summed E-state index contributed by atoms with van der Waals surface area (Å²) in [6.07, 6.45) is 1.71. The second-order valence-corrected chi connectivity index (χ2v) is 8.40. The Kier molecular flexibility index (Phi) is 6.92. The fourth-order valence-corrected chi connectivity index (χ4v) is 4.30. The maximum atomic E-state index is 12.9. The monoisotopic (exact) mass is 424 g/mol. The normalized spacial score (nSPS) is 17.3. The summed E-state index contributed by atoms with van der Waals surface area (Å²) >= 11 is 2.67. The number of thiazole rings is 1. The van der Waals surface area contributed by atoms with Crippen LogP contribution >= 0.6 is 22.9 Å². The predicted octanol–water partition coefficient (Wildman–Crippen LogP) is 1.48. The van der Waals surface area contributed by atoms with E-state index in [1.54, 1.807) is 18.2 Å². The van der Waals surface area contributed by atoms with E-state index in [9.17, 15) is 9.59 Å². The van der Waals surface area contributed by atoms with Crippen LogP contribution in [0.1, 0.15) is 40.0 Å². The summed E-state index contributed by atoms with van der Waals surface area (Å²) in [4.78, 5) is 38.0. The minimum Gasteiger partial charge on any atom is -0.374 e. The second kappa shape index (κ2) is 9.39. The molecule has 1 saturated heterocycles. The Bertz CT molecular complexity index is 823. The highest BCUT2D eigenvalue weighted by atomic mass is 32.1. The van der Waals surface area contributed by atoms with Gasteiger partial charge in [-0.25, -0.2) is 9.97 Å². The molecule has 1 atom stereocenters. The molecule has 0 aliphatic carbocycles. The van der Waals surface area contributed by atoms with Gasteiger partial charge in [0.05, 0.1) is 11.2 Å². The van der Waals surface area contributed by atoms with Crippen molar-refractivity contribution in [2.45, 2.75) is 26.4 Å². The molecule has 1 aliphatic heterocycles. The Morgan fingerprint density at radius 2 is 2.14 bits per heavy atom. The van der Waals surface area contributed by atoms with Crippen molar-refractivity contribution in [2.75, 3.05) is 44.7 Å². The molecule has 0 bridgehead atoms. The lowest BCUT2D eigenvalue weighted by Crippen LogP contribution is -2.45. The lowest BCUT2D eigenvalue weighted by molar-refractivity contribution is -0.121. The molecule has 3 rings (SSSR count). The van der Waals surface area contributed by atoms with Gasteiger partial charge in [-0.1, -0.05) is 0 Å². The first-order valence-electron chi connectivity index (χ1n) is 9.07. The van der Waals surface area contributed by atoms with E-state index >= 15 is 0 Å². The smallest absolute Gasteiger partial charge is 0.265 e. The number of carbonyl (C=O) groups is 2. The second-order valence-electron chi connectivity index (χ2n) is 6.44. The van der Waals surface area contributed by atoms with Gasteiger partial charge in [-0.3, -0.25) is 9.59 Å². The fourth-order valence-electron chi connectivity index (χ4n) is 2.76. The van der Waals surface area contributed by atoms with Gasteiger partial charge >= 0.3 is 0 Å². The number of aromatic nitrogens is 3. The Morgan fingerprint density at radius 3 is 2.86 bits per heavy atom. The van der Waals surface area contributed by atoms with Crippen LogP contribution in [0.3, 0.4) is 0 Å². The summed E-state index contributed by atoms with van der Waals surface area (Å²) in [5, 5.41) is 4.50. The number of hydrogen-bond acceptors (Lipinski definition) is 9. The molecule has 11 heteroatoms. The lowest BCUT2D eigenvalue weighted by Gasteiger charge is -2.28. The molecule has 2 aromatic heterocycles. The zero-order chi connectivity index (χ0) is 20.1. The SMILES string of the molecule is COC(C)c1nsc(N2CCNC(=O)CCN(C(=O)c3cnc(C)s3)CC2)n1. The van der Waals surface area contributed by atoms with Crippen LogP contribution in [0.25, 0.3) is 0 Å². The van der Waals surface area contributed by atoms with Crippen molar-refractivity contribution in [2.24, 2.45) is 0 Å². The molecular weight excluding hydrogens is 400 g/mol.